The number of aromatic carboxylic acids is 1. The molecule has 1 saturated heterocycles. The Hall–Kier alpha value is -2.72. The molecule has 0 bridgehead atoms. The standard InChI is InChI=1S/C16H18N4O5S/c1-26(24,25)18-11-7-8-19(10-11)15(21)14-9-13(16(22)23)17-20(14)12-5-3-2-4-6-12/h2-6,9,11,18H,7-8,10H2,1H3,(H,22,23). The normalized spacial score (nSPS) is 17.4. The molecule has 1 amide bonds. The van der Waals surface area contributed by atoms with Crippen molar-refractivity contribution in [2.45, 2.75) is 12.5 Å². The molecule has 9 nitrogen and oxygen atoms in total. The van der Waals surface area contributed by atoms with Crippen LogP contribution in [-0.2, 0) is 10.0 Å². The van der Waals surface area contributed by atoms with Crippen molar-refractivity contribution in [3.05, 3.63) is 47.8 Å². The zero-order chi connectivity index (χ0) is 18.9. The summed E-state index contributed by atoms with van der Waals surface area (Å²) in [5.41, 5.74) is 0.448. The molecule has 1 unspecified atom stereocenters. The van der Waals surface area contributed by atoms with Gasteiger partial charge in [-0.15, -0.1) is 0 Å². The molecule has 0 saturated carbocycles. The monoisotopic (exact) mass is 378 g/mol. The van der Waals surface area contributed by atoms with E-state index in [1.165, 1.54) is 15.6 Å². The maximum atomic E-state index is 12.9. The van der Waals surface area contributed by atoms with Gasteiger partial charge in [-0.25, -0.2) is 22.6 Å². The summed E-state index contributed by atoms with van der Waals surface area (Å²) < 4.78 is 26.5. The third-order valence-corrected chi connectivity index (χ3v) is 4.77. The number of sulfonamides is 1. The van der Waals surface area contributed by atoms with Crippen LogP contribution in [-0.4, -0.2) is 65.5 Å². The van der Waals surface area contributed by atoms with Gasteiger partial charge in [-0.1, -0.05) is 18.2 Å². The third-order valence-electron chi connectivity index (χ3n) is 4.00. The van der Waals surface area contributed by atoms with E-state index in [0.29, 0.717) is 18.7 Å². The molecule has 1 atom stereocenters. The number of hydrogen-bond donors (Lipinski definition) is 2. The molecule has 0 spiro atoms. The molecule has 138 valence electrons. The number of aromatic nitrogens is 2. The van der Waals surface area contributed by atoms with E-state index in [0.717, 1.165) is 6.26 Å². The molecule has 3 rings (SSSR count). The van der Waals surface area contributed by atoms with E-state index in [1.54, 1.807) is 30.3 Å². The van der Waals surface area contributed by atoms with Crippen molar-refractivity contribution < 1.29 is 23.1 Å². The van der Waals surface area contributed by atoms with Crippen molar-refractivity contribution in [2.24, 2.45) is 0 Å². The predicted molar refractivity (Wildman–Crippen MR) is 92.8 cm³/mol. The van der Waals surface area contributed by atoms with E-state index in [-0.39, 0.29) is 24.0 Å². The molecule has 10 heteroatoms. The quantitative estimate of drug-likeness (QED) is 0.773. The highest BCUT2D eigenvalue weighted by Crippen LogP contribution is 2.18. The first-order valence-electron chi connectivity index (χ1n) is 7.90. The average molecular weight is 378 g/mol. The van der Waals surface area contributed by atoms with Gasteiger partial charge in [-0.05, 0) is 18.6 Å². The van der Waals surface area contributed by atoms with Crippen LogP contribution in [0.15, 0.2) is 36.4 Å². The zero-order valence-electron chi connectivity index (χ0n) is 14.0. The summed E-state index contributed by atoms with van der Waals surface area (Å²) in [6.07, 6.45) is 1.56. The molecule has 0 aliphatic carbocycles. The number of likely N-dealkylation sites (tertiary alicyclic amines) is 1. The maximum Gasteiger partial charge on any atom is 0.356 e. The first kappa shape index (κ1) is 18.1. The molecule has 1 aliphatic heterocycles. The molecule has 2 heterocycles. The van der Waals surface area contributed by atoms with Gasteiger partial charge in [0.1, 0.15) is 5.69 Å². The topological polar surface area (TPSA) is 122 Å². The second-order valence-electron chi connectivity index (χ2n) is 6.09. The Morgan fingerprint density at radius 2 is 1.96 bits per heavy atom. The van der Waals surface area contributed by atoms with Crippen molar-refractivity contribution in [1.29, 1.82) is 0 Å². The lowest BCUT2D eigenvalue weighted by Gasteiger charge is -2.17. The summed E-state index contributed by atoms with van der Waals surface area (Å²) in [4.78, 5) is 25.6. The number of para-hydroxylation sites is 1. The van der Waals surface area contributed by atoms with Crippen molar-refractivity contribution in [1.82, 2.24) is 19.4 Å². The fourth-order valence-electron chi connectivity index (χ4n) is 2.91. The van der Waals surface area contributed by atoms with Crippen molar-refractivity contribution in [3.8, 4) is 5.69 Å². The minimum Gasteiger partial charge on any atom is -0.476 e. The number of benzene rings is 1. The molecule has 1 fully saturated rings. The smallest absolute Gasteiger partial charge is 0.356 e. The van der Waals surface area contributed by atoms with Crippen LogP contribution in [0.5, 0.6) is 0 Å². The van der Waals surface area contributed by atoms with Gasteiger partial charge < -0.3 is 10.0 Å². The zero-order valence-corrected chi connectivity index (χ0v) is 14.8. The molecule has 2 aromatic rings. The lowest BCUT2D eigenvalue weighted by Crippen LogP contribution is -2.38. The fourth-order valence-corrected chi connectivity index (χ4v) is 3.71. The summed E-state index contributed by atoms with van der Waals surface area (Å²) >= 11 is 0. The molecule has 1 aromatic carbocycles. The first-order chi connectivity index (χ1) is 12.2. The van der Waals surface area contributed by atoms with Crippen molar-refractivity contribution in [3.63, 3.8) is 0 Å². The van der Waals surface area contributed by atoms with Crippen LogP contribution >= 0.6 is 0 Å². The Morgan fingerprint density at radius 1 is 1.27 bits per heavy atom. The van der Waals surface area contributed by atoms with E-state index in [2.05, 4.69) is 9.82 Å². The number of rotatable bonds is 5. The SMILES string of the molecule is CS(=O)(=O)NC1CCN(C(=O)c2cc(C(=O)O)nn2-c2ccccc2)C1. The highest BCUT2D eigenvalue weighted by Gasteiger charge is 2.31. The van der Waals surface area contributed by atoms with Crippen LogP contribution in [0.3, 0.4) is 0 Å². The molecular formula is C16H18N4O5S. The lowest BCUT2D eigenvalue weighted by molar-refractivity contribution is 0.0689. The largest absolute Gasteiger partial charge is 0.476 e. The number of nitrogens with zero attached hydrogens (tertiary/aromatic N) is 3. The van der Waals surface area contributed by atoms with Crippen LogP contribution in [0.4, 0.5) is 0 Å². The highest BCUT2D eigenvalue weighted by atomic mass is 32.2. The summed E-state index contributed by atoms with van der Waals surface area (Å²) in [6.45, 7) is 0.586. The molecule has 1 aliphatic rings. The summed E-state index contributed by atoms with van der Waals surface area (Å²) in [6, 6.07) is 9.62. The van der Waals surface area contributed by atoms with Gasteiger partial charge in [-0.3, -0.25) is 4.79 Å². The molecule has 1 aromatic heterocycles. The Bertz CT molecular complexity index is 939. The van der Waals surface area contributed by atoms with Gasteiger partial charge in [0.2, 0.25) is 10.0 Å². The van der Waals surface area contributed by atoms with E-state index in [9.17, 15) is 23.1 Å². The van der Waals surface area contributed by atoms with Gasteiger partial charge in [0.05, 0.1) is 11.9 Å². The average Bonchev–Trinajstić information content (AvgIpc) is 3.20. The molecule has 26 heavy (non-hydrogen) atoms. The van der Waals surface area contributed by atoms with Crippen LogP contribution in [0.2, 0.25) is 0 Å². The highest BCUT2D eigenvalue weighted by molar-refractivity contribution is 7.88. The summed E-state index contributed by atoms with van der Waals surface area (Å²) in [7, 11) is -3.36. The Morgan fingerprint density at radius 3 is 2.58 bits per heavy atom. The van der Waals surface area contributed by atoms with Crippen LogP contribution < -0.4 is 4.72 Å². The number of nitrogens with one attached hydrogen (secondary N) is 1. The summed E-state index contributed by atoms with van der Waals surface area (Å²) in [5, 5.41) is 13.2. The molecule has 2 N–H and O–H groups in total. The van der Waals surface area contributed by atoms with Crippen molar-refractivity contribution >= 4 is 21.9 Å². The second kappa shape index (κ2) is 6.89. The number of carbonyl (C=O) groups is 2. The van der Waals surface area contributed by atoms with Gasteiger partial charge in [0.15, 0.2) is 5.69 Å². The van der Waals surface area contributed by atoms with Crippen LogP contribution in [0.1, 0.15) is 27.4 Å². The Kier molecular flexibility index (Phi) is 4.79. The lowest BCUT2D eigenvalue weighted by atomic mass is 10.3. The fraction of sp³-hybridized carbons (Fsp3) is 0.312. The van der Waals surface area contributed by atoms with E-state index >= 15 is 0 Å². The van der Waals surface area contributed by atoms with Crippen molar-refractivity contribution in [2.75, 3.05) is 19.3 Å². The van der Waals surface area contributed by atoms with Gasteiger partial charge in [-0.2, -0.15) is 5.10 Å². The second-order valence-corrected chi connectivity index (χ2v) is 7.87. The third kappa shape index (κ3) is 3.92. The van der Waals surface area contributed by atoms with Crippen LogP contribution in [0, 0.1) is 0 Å². The first-order valence-corrected chi connectivity index (χ1v) is 9.79. The van der Waals surface area contributed by atoms with E-state index in [4.69, 9.17) is 0 Å². The minimum absolute atomic E-state index is 0.119. The maximum absolute atomic E-state index is 12.9. The van der Waals surface area contributed by atoms with Gasteiger partial charge in [0, 0.05) is 25.2 Å². The number of carbonyl (C=O) groups excluding carboxylic acids is 1. The Labute approximate surface area is 150 Å². The van der Waals surface area contributed by atoms with Gasteiger partial charge in [0.25, 0.3) is 5.91 Å². The number of hydrogen-bond acceptors (Lipinski definition) is 5. The number of carboxylic acid groups (broad SMARTS) is 1. The molecule has 0 radical (unpaired) electrons. The number of amides is 1. The van der Waals surface area contributed by atoms with E-state index < -0.39 is 21.9 Å². The summed E-state index contributed by atoms with van der Waals surface area (Å²) in [5.74, 6) is -1.63. The Balaban J connectivity index is 1.89. The molecular weight excluding hydrogens is 360 g/mol. The van der Waals surface area contributed by atoms with Crippen LogP contribution in [0.25, 0.3) is 5.69 Å². The van der Waals surface area contributed by atoms with Gasteiger partial charge >= 0.3 is 5.97 Å². The number of carboxylic acids is 1. The predicted octanol–water partition coefficient (Wildman–Crippen LogP) is 0.334. The van der Waals surface area contributed by atoms with E-state index in [1.807, 2.05) is 0 Å². The minimum atomic E-state index is -3.36.